The summed E-state index contributed by atoms with van der Waals surface area (Å²) < 4.78 is 27.9. The van der Waals surface area contributed by atoms with Gasteiger partial charge in [-0.2, -0.15) is 5.10 Å². The predicted octanol–water partition coefficient (Wildman–Crippen LogP) is 4.83. The van der Waals surface area contributed by atoms with Crippen LogP contribution < -0.4 is 0 Å². The standard InChI is InChI=1S/C23H23N3O2S/c1-16(2)18-8-10-21(11-9-18)29(27,28)15-20-12-17(3)25-26(20)23-14-24-13-19-6-4-5-7-22(19)23/h4-14,16H,15H2,1-3H3. The van der Waals surface area contributed by atoms with Gasteiger partial charge in [-0.25, -0.2) is 13.1 Å². The monoisotopic (exact) mass is 405 g/mol. The zero-order valence-corrected chi connectivity index (χ0v) is 17.5. The minimum atomic E-state index is -3.51. The zero-order valence-electron chi connectivity index (χ0n) is 16.7. The van der Waals surface area contributed by atoms with Crippen molar-refractivity contribution in [2.75, 3.05) is 0 Å². The van der Waals surface area contributed by atoms with Gasteiger partial charge in [0.15, 0.2) is 9.84 Å². The van der Waals surface area contributed by atoms with Crippen molar-refractivity contribution in [1.29, 1.82) is 0 Å². The van der Waals surface area contributed by atoms with E-state index in [4.69, 9.17) is 0 Å². The van der Waals surface area contributed by atoms with Gasteiger partial charge in [0.05, 0.1) is 33.9 Å². The molecule has 2 heterocycles. The SMILES string of the molecule is Cc1cc(CS(=O)(=O)c2ccc(C(C)C)cc2)n(-c2cncc3ccccc23)n1. The summed E-state index contributed by atoms with van der Waals surface area (Å²) in [5.41, 5.74) is 3.27. The van der Waals surface area contributed by atoms with E-state index in [1.54, 1.807) is 29.2 Å². The summed E-state index contributed by atoms with van der Waals surface area (Å²) in [6, 6.07) is 16.9. The Labute approximate surface area is 171 Å². The first-order chi connectivity index (χ1) is 13.8. The molecule has 148 valence electrons. The Kier molecular flexibility index (Phi) is 4.96. The lowest BCUT2D eigenvalue weighted by Crippen LogP contribution is -2.10. The van der Waals surface area contributed by atoms with Gasteiger partial charge in [0, 0.05) is 17.0 Å². The molecule has 0 aliphatic rings. The van der Waals surface area contributed by atoms with Crippen LogP contribution in [0, 0.1) is 6.92 Å². The van der Waals surface area contributed by atoms with Gasteiger partial charge in [-0.3, -0.25) is 4.98 Å². The molecule has 0 saturated carbocycles. The third kappa shape index (κ3) is 3.80. The molecule has 0 unspecified atom stereocenters. The van der Waals surface area contributed by atoms with Crippen molar-refractivity contribution < 1.29 is 8.42 Å². The van der Waals surface area contributed by atoms with Gasteiger partial charge in [0.25, 0.3) is 0 Å². The summed E-state index contributed by atoms with van der Waals surface area (Å²) in [4.78, 5) is 4.63. The lowest BCUT2D eigenvalue weighted by molar-refractivity contribution is 0.593. The van der Waals surface area contributed by atoms with Crippen LogP contribution in [-0.2, 0) is 15.6 Å². The van der Waals surface area contributed by atoms with Crippen molar-refractivity contribution >= 4 is 20.6 Å². The van der Waals surface area contributed by atoms with Gasteiger partial charge < -0.3 is 0 Å². The van der Waals surface area contributed by atoms with Crippen molar-refractivity contribution in [2.45, 2.75) is 37.3 Å². The zero-order chi connectivity index (χ0) is 20.6. The molecule has 0 fully saturated rings. The first-order valence-electron chi connectivity index (χ1n) is 9.56. The normalized spacial score (nSPS) is 12.0. The second-order valence-corrected chi connectivity index (χ2v) is 9.54. The molecule has 0 N–H and O–H groups in total. The quantitative estimate of drug-likeness (QED) is 0.477. The molecule has 29 heavy (non-hydrogen) atoms. The summed E-state index contributed by atoms with van der Waals surface area (Å²) >= 11 is 0. The predicted molar refractivity (Wildman–Crippen MR) is 115 cm³/mol. The van der Waals surface area contributed by atoms with Gasteiger partial charge in [-0.15, -0.1) is 0 Å². The van der Waals surface area contributed by atoms with E-state index in [-0.39, 0.29) is 5.75 Å². The smallest absolute Gasteiger partial charge is 0.184 e. The molecule has 0 aliphatic carbocycles. The van der Waals surface area contributed by atoms with E-state index in [0.29, 0.717) is 16.5 Å². The van der Waals surface area contributed by atoms with Crippen molar-refractivity contribution in [2.24, 2.45) is 0 Å². The Morgan fingerprint density at radius 1 is 1.00 bits per heavy atom. The molecule has 4 rings (SSSR count). The molecule has 0 amide bonds. The minimum absolute atomic E-state index is 0.127. The van der Waals surface area contributed by atoms with Crippen LogP contribution in [0.2, 0.25) is 0 Å². The second kappa shape index (κ2) is 7.44. The van der Waals surface area contributed by atoms with E-state index in [0.717, 1.165) is 27.7 Å². The molecule has 5 nitrogen and oxygen atoms in total. The number of benzene rings is 2. The number of fused-ring (bicyclic) bond motifs is 1. The largest absolute Gasteiger partial charge is 0.262 e. The van der Waals surface area contributed by atoms with Gasteiger partial charge in [-0.05, 0) is 36.6 Å². The highest BCUT2D eigenvalue weighted by Gasteiger charge is 2.20. The molecule has 6 heteroatoms. The number of rotatable bonds is 5. The number of aryl methyl sites for hydroxylation is 1. The van der Waals surface area contributed by atoms with Gasteiger partial charge >= 0.3 is 0 Å². The molecule has 2 aromatic heterocycles. The Bertz CT molecular complexity index is 1270. The first-order valence-corrected chi connectivity index (χ1v) is 11.2. The summed E-state index contributed by atoms with van der Waals surface area (Å²) in [7, 11) is -3.51. The lowest BCUT2D eigenvalue weighted by atomic mass is 10.0. The van der Waals surface area contributed by atoms with E-state index in [1.165, 1.54) is 0 Å². The number of pyridine rings is 1. The Balaban J connectivity index is 1.75. The van der Waals surface area contributed by atoms with E-state index in [9.17, 15) is 8.42 Å². The van der Waals surface area contributed by atoms with Crippen LogP contribution in [0.3, 0.4) is 0 Å². The molecule has 0 radical (unpaired) electrons. The number of hydrogen-bond donors (Lipinski definition) is 0. The summed E-state index contributed by atoms with van der Waals surface area (Å²) in [6.07, 6.45) is 3.52. The van der Waals surface area contributed by atoms with Crippen LogP contribution in [-0.4, -0.2) is 23.2 Å². The van der Waals surface area contributed by atoms with Crippen LogP contribution in [0.5, 0.6) is 0 Å². The Hall–Kier alpha value is -2.99. The molecule has 2 aromatic carbocycles. The number of sulfone groups is 1. The topological polar surface area (TPSA) is 64.8 Å². The molecule has 0 atom stereocenters. The maximum absolute atomic E-state index is 13.1. The van der Waals surface area contributed by atoms with Crippen molar-refractivity contribution in [3.05, 3.63) is 83.9 Å². The van der Waals surface area contributed by atoms with Gasteiger partial charge in [0.1, 0.15) is 0 Å². The summed E-state index contributed by atoms with van der Waals surface area (Å²) in [6.45, 7) is 6.04. The fourth-order valence-electron chi connectivity index (χ4n) is 3.47. The number of nitrogens with zero attached hydrogens (tertiary/aromatic N) is 3. The molecule has 4 aromatic rings. The molecular formula is C23H23N3O2S. The molecular weight excluding hydrogens is 382 g/mol. The minimum Gasteiger partial charge on any atom is -0.262 e. The fraction of sp³-hybridized carbons (Fsp3) is 0.217. The highest BCUT2D eigenvalue weighted by molar-refractivity contribution is 7.90. The van der Waals surface area contributed by atoms with Gasteiger partial charge in [0.2, 0.25) is 0 Å². The molecule has 0 spiro atoms. The van der Waals surface area contributed by atoms with Crippen molar-refractivity contribution in [3.8, 4) is 5.69 Å². The highest BCUT2D eigenvalue weighted by atomic mass is 32.2. The maximum atomic E-state index is 13.1. The maximum Gasteiger partial charge on any atom is 0.184 e. The lowest BCUT2D eigenvalue weighted by Gasteiger charge is -2.11. The summed E-state index contributed by atoms with van der Waals surface area (Å²) in [5, 5.41) is 6.52. The number of aromatic nitrogens is 3. The average molecular weight is 406 g/mol. The molecule has 0 aliphatic heterocycles. The number of hydrogen-bond acceptors (Lipinski definition) is 4. The van der Waals surface area contributed by atoms with Crippen molar-refractivity contribution in [3.63, 3.8) is 0 Å². The third-order valence-electron chi connectivity index (χ3n) is 5.02. The van der Waals surface area contributed by atoms with Crippen LogP contribution in [0.4, 0.5) is 0 Å². The van der Waals surface area contributed by atoms with E-state index < -0.39 is 9.84 Å². The van der Waals surface area contributed by atoms with Gasteiger partial charge in [-0.1, -0.05) is 50.2 Å². The molecule has 0 bridgehead atoms. The Morgan fingerprint density at radius 2 is 1.72 bits per heavy atom. The second-order valence-electron chi connectivity index (χ2n) is 7.55. The van der Waals surface area contributed by atoms with E-state index in [1.807, 2.05) is 49.4 Å². The average Bonchev–Trinajstić information content (AvgIpc) is 3.06. The van der Waals surface area contributed by atoms with E-state index >= 15 is 0 Å². The van der Waals surface area contributed by atoms with Crippen molar-refractivity contribution in [1.82, 2.24) is 14.8 Å². The van der Waals surface area contributed by atoms with E-state index in [2.05, 4.69) is 23.9 Å². The Morgan fingerprint density at radius 3 is 2.45 bits per heavy atom. The fourth-order valence-corrected chi connectivity index (χ4v) is 4.78. The highest BCUT2D eigenvalue weighted by Crippen LogP contribution is 2.25. The van der Waals surface area contributed by atoms with Crippen LogP contribution in [0.25, 0.3) is 16.5 Å². The van der Waals surface area contributed by atoms with Crippen LogP contribution >= 0.6 is 0 Å². The molecule has 0 saturated heterocycles. The first kappa shape index (κ1) is 19.3. The van der Waals surface area contributed by atoms with Crippen LogP contribution in [0.1, 0.15) is 36.7 Å². The summed E-state index contributed by atoms with van der Waals surface area (Å²) in [5.74, 6) is 0.229. The third-order valence-corrected chi connectivity index (χ3v) is 6.69. The van der Waals surface area contributed by atoms with Crippen LogP contribution in [0.15, 0.2) is 71.9 Å².